The maximum Gasteiger partial charge on any atom is 0.410 e. The molecule has 0 aromatic rings. The molecule has 1 aliphatic rings. The summed E-state index contributed by atoms with van der Waals surface area (Å²) >= 11 is -1.29. The first kappa shape index (κ1) is 17.3. The Bertz CT molecular complexity index is 372. The molecule has 0 aromatic carbocycles. The third-order valence-corrected chi connectivity index (χ3v) is 4.14. The summed E-state index contributed by atoms with van der Waals surface area (Å²) in [6.45, 7) is 11.8. The van der Waals surface area contributed by atoms with Gasteiger partial charge >= 0.3 is 6.09 Å². The molecule has 1 rings (SSSR count). The molecule has 0 aliphatic carbocycles. The molecule has 1 fully saturated rings. The first-order valence-electron chi connectivity index (χ1n) is 6.96. The van der Waals surface area contributed by atoms with E-state index in [-0.39, 0.29) is 16.9 Å². The molecule has 6 heteroatoms. The van der Waals surface area contributed by atoms with Crippen LogP contribution < -0.4 is 0 Å². The van der Waals surface area contributed by atoms with Crippen LogP contribution in [0.15, 0.2) is 4.40 Å². The fourth-order valence-corrected chi connectivity index (χ4v) is 2.35. The van der Waals surface area contributed by atoms with Crippen LogP contribution in [0.3, 0.4) is 0 Å². The molecule has 0 radical (unpaired) electrons. The summed E-state index contributed by atoms with van der Waals surface area (Å²) in [4.78, 5) is 13.7. The van der Waals surface area contributed by atoms with Gasteiger partial charge in [0.25, 0.3) is 0 Å². The summed E-state index contributed by atoms with van der Waals surface area (Å²) in [6, 6.07) is -0.115. The predicted molar refractivity (Wildman–Crippen MR) is 82.3 cm³/mol. The van der Waals surface area contributed by atoms with Crippen LogP contribution in [0, 0.1) is 0 Å². The van der Waals surface area contributed by atoms with Crippen LogP contribution in [-0.4, -0.2) is 44.7 Å². The number of ether oxygens (including phenoxy) is 1. The SMILES string of the molecule is CC(C)(C)OC(=O)N1CCC[C@H]1/C=N/[S+]([O-])C(C)(C)C. The van der Waals surface area contributed by atoms with Gasteiger partial charge in [0.15, 0.2) is 0 Å². The summed E-state index contributed by atoms with van der Waals surface area (Å²) in [5.41, 5.74) is -0.504. The zero-order valence-corrected chi connectivity index (χ0v) is 14.1. The topological polar surface area (TPSA) is 65.0 Å². The summed E-state index contributed by atoms with van der Waals surface area (Å²) < 4.78 is 21.0. The second kappa shape index (κ2) is 6.35. The van der Waals surface area contributed by atoms with Gasteiger partial charge in [-0.05, 0) is 54.4 Å². The van der Waals surface area contributed by atoms with E-state index in [1.165, 1.54) is 0 Å². The van der Waals surface area contributed by atoms with Crippen molar-refractivity contribution in [2.75, 3.05) is 6.54 Å². The Labute approximate surface area is 125 Å². The number of hydrogen-bond acceptors (Lipinski definition) is 4. The molecule has 0 N–H and O–H groups in total. The normalized spacial score (nSPS) is 22.4. The van der Waals surface area contributed by atoms with E-state index in [1.54, 1.807) is 11.1 Å². The number of carbonyl (C=O) groups is 1. The average molecular weight is 302 g/mol. The van der Waals surface area contributed by atoms with Gasteiger partial charge in [-0.2, -0.15) is 0 Å². The van der Waals surface area contributed by atoms with Gasteiger partial charge in [-0.1, -0.05) is 4.40 Å². The zero-order valence-electron chi connectivity index (χ0n) is 13.3. The van der Waals surface area contributed by atoms with Crippen molar-refractivity contribution >= 4 is 23.7 Å². The molecule has 0 bridgehead atoms. The van der Waals surface area contributed by atoms with E-state index >= 15 is 0 Å². The first-order chi connectivity index (χ1) is 9.00. The molecule has 0 spiro atoms. The minimum Gasteiger partial charge on any atom is -0.591 e. The van der Waals surface area contributed by atoms with E-state index in [0.717, 1.165) is 12.8 Å². The summed E-state index contributed by atoms with van der Waals surface area (Å²) in [5.74, 6) is 0. The van der Waals surface area contributed by atoms with Crippen LogP contribution in [0.1, 0.15) is 54.4 Å². The lowest BCUT2D eigenvalue weighted by molar-refractivity contribution is 0.0268. The standard InChI is InChI=1S/C14H26N2O3S/c1-13(2,3)19-12(17)16-9-7-8-11(16)10-15-20(18)14(4,5)6/h10-11H,7-9H2,1-6H3/b15-10+/t11-,20?/m0/s1. The lowest BCUT2D eigenvalue weighted by Crippen LogP contribution is -2.40. The van der Waals surface area contributed by atoms with Crippen LogP contribution in [0.2, 0.25) is 0 Å². The van der Waals surface area contributed by atoms with E-state index in [9.17, 15) is 9.35 Å². The van der Waals surface area contributed by atoms with Crippen molar-refractivity contribution in [1.82, 2.24) is 4.90 Å². The molecule has 116 valence electrons. The Morgan fingerprint density at radius 1 is 1.35 bits per heavy atom. The monoisotopic (exact) mass is 302 g/mol. The van der Waals surface area contributed by atoms with Crippen LogP contribution in [-0.2, 0) is 16.1 Å². The van der Waals surface area contributed by atoms with Crippen LogP contribution in [0.5, 0.6) is 0 Å². The van der Waals surface area contributed by atoms with Gasteiger partial charge in [0.05, 0.1) is 12.3 Å². The fourth-order valence-electron chi connectivity index (χ4n) is 1.78. The van der Waals surface area contributed by atoms with Crippen molar-refractivity contribution in [2.24, 2.45) is 4.40 Å². The highest BCUT2D eigenvalue weighted by Gasteiger charge is 2.33. The summed E-state index contributed by atoms with van der Waals surface area (Å²) in [6.07, 6.45) is 3.06. The van der Waals surface area contributed by atoms with Crippen molar-refractivity contribution in [1.29, 1.82) is 0 Å². The van der Waals surface area contributed by atoms with Gasteiger partial charge < -0.3 is 14.2 Å². The van der Waals surface area contributed by atoms with Gasteiger partial charge in [0.2, 0.25) is 0 Å². The van der Waals surface area contributed by atoms with Crippen molar-refractivity contribution < 1.29 is 14.1 Å². The van der Waals surface area contributed by atoms with Crippen LogP contribution >= 0.6 is 0 Å². The van der Waals surface area contributed by atoms with Gasteiger partial charge in [0.1, 0.15) is 21.7 Å². The van der Waals surface area contributed by atoms with Crippen molar-refractivity contribution in [3.8, 4) is 0 Å². The Hall–Kier alpha value is -0.750. The minimum atomic E-state index is -1.29. The molecule has 1 amide bonds. The van der Waals surface area contributed by atoms with Crippen LogP contribution in [0.4, 0.5) is 4.79 Å². The van der Waals surface area contributed by atoms with Gasteiger partial charge in [-0.25, -0.2) is 4.79 Å². The third-order valence-electron chi connectivity index (χ3n) is 2.78. The Morgan fingerprint density at radius 3 is 2.45 bits per heavy atom. The zero-order chi connectivity index (χ0) is 15.6. The second-order valence-electron chi connectivity index (χ2n) is 7.00. The Morgan fingerprint density at radius 2 is 1.95 bits per heavy atom. The highest BCUT2D eigenvalue weighted by Crippen LogP contribution is 2.21. The molecular formula is C14H26N2O3S. The predicted octanol–water partition coefficient (Wildman–Crippen LogP) is 2.92. The third kappa shape index (κ3) is 5.32. The fraction of sp³-hybridized carbons (Fsp3) is 0.857. The number of hydrogen-bond donors (Lipinski definition) is 0. The lowest BCUT2D eigenvalue weighted by Gasteiger charge is -2.27. The molecule has 1 aliphatic heterocycles. The summed E-state index contributed by atoms with van der Waals surface area (Å²) in [7, 11) is 0. The van der Waals surface area contributed by atoms with E-state index in [4.69, 9.17) is 4.74 Å². The molecular weight excluding hydrogens is 276 g/mol. The smallest absolute Gasteiger partial charge is 0.410 e. The van der Waals surface area contributed by atoms with Gasteiger partial charge in [0, 0.05) is 6.54 Å². The largest absolute Gasteiger partial charge is 0.591 e. The number of likely N-dealkylation sites (tertiary alicyclic amines) is 1. The molecule has 1 unspecified atom stereocenters. The first-order valence-corrected chi connectivity index (χ1v) is 8.07. The maximum absolute atomic E-state index is 12.1. The minimum absolute atomic E-state index is 0.115. The maximum atomic E-state index is 12.1. The van der Waals surface area contributed by atoms with Crippen molar-refractivity contribution in [2.45, 2.75) is 70.8 Å². The van der Waals surface area contributed by atoms with E-state index < -0.39 is 17.0 Å². The second-order valence-corrected chi connectivity index (χ2v) is 8.93. The molecule has 0 aromatic heterocycles. The van der Waals surface area contributed by atoms with Crippen molar-refractivity contribution in [3.05, 3.63) is 0 Å². The molecule has 1 heterocycles. The lowest BCUT2D eigenvalue weighted by atomic mass is 10.2. The van der Waals surface area contributed by atoms with E-state index in [0.29, 0.717) is 6.54 Å². The molecule has 5 nitrogen and oxygen atoms in total. The number of carbonyl (C=O) groups excluding carboxylic acids is 1. The molecule has 0 saturated carbocycles. The Kier molecular flexibility index (Phi) is 5.49. The average Bonchev–Trinajstić information content (AvgIpc) is 2.70. The number of rotatable bonds is 2. The van der Waals surface area contributed by atoms with Gasteiger partial charge in [-0.3, -0.25) is 0 Å². The molecule has 20 heavy (non-hydrogen) atoms. The summed E-state index contributed by atoms with van der Waals surface area (Å²) in [5, 5.41) is 0. The Balaban J connectivity index is 2.66. The van der Waals surface area contributed by atoms with Crippen molar-refractivity contribution in [3.63, 3.8) is 0 Å². The number of nitrogens with zero attached hydrogens (tertiary/aromatic N) is 2. The molecule has 2 atom stereocenters. The molecule has 1 saturated heterocycles. The number of amides is 1. The van der Waals surface area contributed by atoms with E-state index in [2.05, 4.69) is 4.40 Å². The van der Waals surface area contributed by atoms with Crippen LogP contribution in [0.25, 0.3) is 0 Å². The quantitative estimate of drug-likeness (QED) is 0.582. The van der Waals surface area contributed by atoms with E-state index in [1.807, 2.05) is 41.5 Å². The highest BCUT2D eigenvalue weighted by atomic mass is 32.2. The van der Waals surface area contributed by atoms with Gasteiger partial charge in [-0.15, -0.1) is 0 Å². The highest BCUT2D eigenvalue weighted by molar-refractivity contribution is 7.91.